The van der Waals surface area contributed by atoms with Crippen LogP contribution >= 0.6 is 0 Å². The molecule has 1 aromatic heterocycles. The van der Waals surface area contributed by atoms with Crippen LogP contribution < -0.4 is 4.90 Å². The van der Waals surface area contributed by atoms with Gasteiger partial charge >= 0.3 is 0 Å². The van der Waals surface area contributed by atoms with Gasteiger partial charge in [-0.15, -0.1) is 0 Å². The third-order valence-corrected chi connectivity index (χ3v) is 3.98. The highest BCUT2D eigenvalue weighted by Crippen LogP contribution is 2.20. The van der Waals surface area contributed by atoms with Crippen molar-refractivity contribution < 1.29 is 9.18 Å². The Kier molecular flexibility index (Phi) is 4.46. The summed E-state index contributed by atoms with van der Waals surface area (Å²) in [6.07, 6.45) is 0. The fourth-order valence-electron chi connectivity index (χ4n) is 2.47. The normalized spacial score (nSPS) is 10.7. The Morgan fingerprint density at radius 3 is 2.48 bits per heavy atom. The van der Waals surface area contributed by atoms with Gasteiger partial charge in [0.15, 0.2) is 5.78 Å². The number of hydrogen-bond donors (Lipinski definition) is 0. The van der Waals surface area contributed by atoms with Crippen molar-refractivity contribution in [2.24, 2.45) is 7.05 Å². The highest BCUT2D eigenvalue weighted by molar-refractivity contribution is 6.00. The molecule has 0 saturated heterocycles. The quantitative estimate of drug-likeness (QED) is 0.787. The van der Waals surface area contributed by atoms with E-state index in [-0.39, 0.29) is 18.1 Å². The maximum atomic E-state index is 13.9. The molecule has 0 saturated carbocycles. The predicted octanol–water partition coefficient (Wildman–Crippen LogP) is 3.49. The van der Waals surface area contributed by atoms with E-state index in [2.05, 4.69) is 0 Å². The fourth-order valence-corrected chi connectivity index (χ4v) is 2.47. The van der Waals surface area contributed by atoms with Gasteiger partial charge in [0.2, 0.25) is 0 Å². The van der Waals surface area contributed by atoms with E-state index < -0.39 is 0 Å². The molecule has 1 heterocycles. The SMILES string of the molecule is CCN(CC(=O)c1cc(C)n(C)c1C)c1ccccc1F. The molecule has 0 unspecified atom stereocenters. The number of carbonyl (C=O) groups excluding carboxylic acids is 1. The summed E-state index contributed by atoms with van der Waals surface area (Å²) in [7, 11) is 1.94. The number of aromatic nitrogens is 1. The van der Waals surface area contributed by atoms with E-state index >= 15 is 0 Å². The Labute approximate surface area is 125 Å². The predicted molar refractivity (Wildman–Crippen MR) is 83.5 cm³/mol. The van der Waals surface area contributed by atoms with Crippen molar-refractivity contribution in [2.45, 2.75) is 20.8 Å². The largest absolute Gasteiger partial charge is 0.362 e. The minimum absolute atomic E-state index is 0.0151. The van der Waals surface area contributed by atoms with E-state index in [1.54, 1.807) is 23.1 Å². The molecule has 3 nitrogen and oxygen atoms in total. The van der Waals surface area contributed by atoms with Crippen LogP contribution in [0, 0.1) is 19.7 Å². The van der Waals surface area contributed by atoms with Crippen LogP contribution in [0.15, 0.2) is 30.3 Å². The number of benzene rings is 1. The van der Waals surface area contributed by atoms with Gasteiger partial charge in [-0.1, -0.05) is 12.1 Å². The van der Waals surface area contributed by atoms with E-state index in [9.17, 15) is 9.18 Å². The van der Waals surface area contributed by atoms with Crippen molar-refractivity contribution in [3.05, 3.63) is 53.1 Å². The number of likely N-dealkylation sites (N-methyl/N-ethyl adjacent to an activating group) is 1. The summed E-state index contributed by atoms with van der Waals surface area (Å²) in [5.74, 6) is -0.283. The van der Waals surface area contributed by atoms with E-state index in [1.165, 1.54) is 6.07 Å². The molecule has 0 bridgehead atoms. The number of hydrogen-bond acceptors (Lipinski definition) is 2. The molecule has 0 atom stereocenters. The van der Waals surface area contributed by atoms with Gasteiger partial charge in [0.1, 0.15) is 5.82 Å². The topological polar surface area (TPSA) is 25.2 Å². The van der Waals surface area contributed by atoms with Crippen LogP contribution in [0.3, 0.4) is 0 Å². The molecule has 0 N–H and O–H groups in total. The minimum Gasteiger partial charge on any atom is -0.362 e. The van der Waals surface area contributed by atoms with Crippen LogP contribution in [0.25, 0.3) is 0 Å². The molecule has 112 valence electrons. The smallest absolute Gasteiger partial charge is 0.183 e. The first-order valence-corrected chi connectivity index (χ1v) is 7.11. The molecule has 0 aliphatic carbocycles. The molecule has 0 aliphatic rings. The van der Waals surface area contributed by atoms with Crippen molar-refractivity contribution in [3.8, 4) is 0 Å². The molecule has 2 rings (SSSR count). The number of anilines is 1. The van der Waals surface area contributed by atoms with Crippen molar-refractivity contribution in [1.82, 2.24) is 4.57 Å². The first-order chi connectivity index (χ1) is 9.95. The second kappa shape index (κ2) is 6.12. The zero-order valence-corrected chi connectivity index (χ0v) is 13.0. The summed E-state index contributed by atoms with van der Waals surface area (Å²) in [6, 6.07) is 8.45. The Hall–Kier alpha value is -2.10. The number of nitrogens with zero attached hydrogens (tertiary/aromatic N) is 2. The third-order valence-electron chi connectivity index (χ3n) is 3.98. The van der Waals surface area contributed by atoms with Crippen LogP contribution in [-0.2, 0) is 7.05 Å². The number of rotatable bonds is 5. The standard InChI is InChI=1S/C17H21FN2O/c1-5-20(16-9-7-6-8-15(16)18)11-17(21)14-10-12(2)19(4)13(14)3/h6-10H,5,11H2,1-4H3. The van der Waals surface area contributed by atoms with Crippen LogP contribution in [0.1, 0.15) is 28.7 Å². The summed E-state index contributed by atoms with van der Waals surface area (Å²) in [5.41, 5.74) is 3.18. The third kappa shape index (κ3) is 2.99. The number of halogens is 1. The maximum Gasteiger partial charge on any atom is 0.183 e. The van der Waals surface area contributed by atoms with Gasteiger partial charge < -0.3 is 9.47 Å². The number of para-hydroxylation sites is 1. The fraction of sp³-hybridized carbons (Fsp3) is 0.353. The molecule has 0 spiro atoms. The van der Waals surface area contributed by atoms with E-state index in [0.29, 0.717) is 17.8 Å². The second-order valence-corrected chi connectivity index (χ2v) is 5.23. The van der Waals surface area contributed by atoms with Gasteiger partial charge in [0.05, 0.1) is 12.2 Å². The van der Waals surface area contributed by atoms with Crippen LogP contribution in [0.2, 0.25) is 0 Å². The van der Waals surface area contributed by atoms with E-state index in [4.69, 9.17) is 0 Å². The van der Waals surface area contributed by atoms with Crippen molar-refractivity contribution >= 4 is 11.5 Å². The molecule has 0 fully saturated rings. The number of Topliss-reactive ketones (excluding diaryl/α,β-unsaturated/α-hetero) is 1. The Balaban J connectivity index is 2.25. The summed E-state index contributed by atoms with van der Waals surface area (Å²) in [6.45, 7) is 6.58. The summed E-state index contributed by atoms with van der Waals surface area (Å²) < 4.78 is 15.9. The summed E-state index contributed by atoms with van der Waals surface area (Å²) in [4.78, 5) is 14.3. The van der Waals surface area contributed by atoms with Crippen molar-refractivity contribution in [3.63, 3.8) is 0 Å². The monoisotopic (exact) mass is 288 g/mol. The zero-order valence-electron chi connectivity index (χ0n) is 13.0. The van der Waals surface area contributed by atoms with Gasteiger partial charge in [-0.3, -0.25) is 4.79 Å². The van der Waals surface area contributed by atoms with Crippen LogP contribution in [0.5, 0.6) is 0 Å². The molecule has 0 amide bonds. The molecule has 21 heavy (non-hydrogen) atoms. The number of ketones is 1. The molecule has 0 radical (unpaired) electrons. The summed E-state index contributed by atoms with van der Waals surface area (Å²) in [5, 5.41) is 0. The number of carbonyl (C=O) groups is 1. The lowest BCUT2D eigenvalue weighted by molar-refractivity contribution is 0.0998. The Morgan fingerprint density at radius 1 is 1.29 bits per heavy atom. The summed E-state index contributed by atoms with van der Waals surface area (Å²) >= 11 is 0. The van der Waals surface area contributed by atoms with Gasteiger partial charge in [0, 0.05) is 30.5 Å². The highest BCUT2D eigenvalue weighted by atomic mass is 19.1. The lowest BCUT2D eigenvalue weighted by atomic mass is 10.1. The maximum absolute atomic E-state index is 13.9. The average Bonchev–Trinajstić information content (AvgIpc) is 2.73. The molecule has 0 aliphatic heterocycles. The lowest BCUT2D eigenvalue weighted by Crippen LogP contribution is -2.30. The molecule has 1 aromatic carbocycles. The molecular weight excluding hydrogens is 267 g/mol. The first-order valence-electron chi connectivity index (χ1n) is 7.11. The van der Waals surface area contributed by atoms with Gasteiger partial charge in [0.25, 0.3) is 0 Å². The first kappa shape index (κ1) is 15.3. The molecule has 4 heteroatoms. The zero-order chi connectivity index (χ0) is 15.6. The second-order valence-electron chi connectivity index (χ2n) is 5.23. The number of aryl methyl sites for hydroxylation is 1. The minimum atomic E-state index is -0.298. The highest BCUT2D eigenvalue weighted by Gasteiger charge is 2.18. The molecule has 2 aromatic rings. The van der Waals surface area contributed by atoms with Crippen LogP contribution in [-0.4, -0.2) is 23.4 Å². The van der Waals surface area contributed by atoms with Crippen molar-refractivity contribution in [2.75, 3.05) is 18.0 Å². The van der Waals surface area contributed by atoms with Crippen molar-refractivity contribution in [1.29, 1.82) is 0 Å². The lowest BCUT2D eigenvalue weighted by Gasteiger charge is -2.22. The van der Waals surface area contributed by atoms with E-state index in [1.807, 2.05) is 38.5 Å². The van der Waals surface area contributed by atoms with Gasteiger partial charge in [-0.2, -0.15) is 0 Å². The Bertz CT molecular complexity index is 661. The van der Waals surface area contributed by atoms with Crippen LogP contribution in [0.4, 0.5) is 10.1 Å². The van der Waals surface area contributed by atoms with E-state index in [0.717, 1.165) is 11.4 Å². The average molecular weight is 288 g/mol. The van der Waals surface area contributed by atoms with Gasteiger partial charge in [-0.05, 0) is 39.0 Å². The van der Waals surface area contributed by atoms with Gasteiger partial charge in [-0.25, -0.2) is 4.39 Å². The molecular formula is C17H21FN2O. The Morgan fingerprint density at radius 2 is 1.95 bits per heavy atom.